The van der Waals surface area contributed by atoms with Crippen LogP contribution in [0.15, 0.2) is 60.2 Å². The first-order valence-electron chi connectivity index (χ1n) is 12.5. The standard InChI is InChI=1S/C30H38O6/c1-19(17-26(33)35-6)23(31)18-29(4)21(3)27(28(34)30(5)20(2)11-10-14-24(29)30)36-25(32)16-15-22-12-8-7-9-13-22/h7-9,11-13,15-16,21,24,27-28,34H,1,10,14,17-18H2,2-6H3. The van der Waals surface area contributed by atoms with Crippen LogP contribution < -0.4 is 0 Å². The number of esters is 2. The summed E-state index contributed by atoms with van der Waals surface area (Å²) in [5, 5.41) is 11.6. The molecule has 2 aliphatic carbocycles. The largest absolute Gasteiger partial charge is 0.469 e. The second kappa shape index (κ2) is 11.0. The molecule has 0 aromatic heterocycles. The first kappa shape index (κ1) is 27.6. The molecule has 0 spiro atoms. The van der Waals surface area contributed by atoms with Gasteiger partial charge >= 0.3 is 11.9 Å². The van der Waals surface area contributed by atoms with Crippen molar-refractivity contribution in [3.63, 3.8) is 0 Å². The number of rotatable bonds is 8. The maximum absolute atomic E-state index is 13.2. The molecule has 6 atom stereocenters. The number of methoxy groups -OCH3 is 1. The van der Waals surface area contributed by atoms with Crippen LogP contribution in [-0.2, 0) is 23.9 Å². The van der Waals surface area contributed by atoms with Gasteiger partial charge in [-0.15, -0.1) is 0 Å². The number of carbonyl (C=O) groups is 3. The summed E-state index contributed by atoms with van der Waals surface area (Å²) in [7, 11) is 1.28. The first-order chi connectivity index (χ1) is 16.9. The first-order valence-corrected chi connectivity index (χ1v) is 12.5. The average Bonchev–Trinajstić information content (AvgIpc) is 2.86. The number of aliphatic hydroxyl groups excluding tert-OH is 1. The van der Waals surface area contributed by atoms with Gasteiger partial charge < -0.3 is 14.6 Å². The number of ketones is 1. The molecule has 6 unspecified atom stereocenters. The molecule has 6 nitrogen and oxygen atoms in total. The number of allylic oxidation sites excluding steroid dienone is 1. The summed E-state index contributed by atoms with van der Waals surface area (Å²) in [4.78, 5) is 37.8. The smallest absolute Gasteiger partial charge is 0.331 e. The van der Waals surface area contributed by atoms with E-state index in [0.29, 0.717) is 0 Å². The third kappa shape index (κ3) is 5.24. The molecule has 0 bridgehead atoms. The minimum absolute atomic E-state index is 0.0234. The highest BCUT2D eigenvalue weighted by Crippen LogP contribution is 2.62. The molecule has 6 heteroatoms. The second-order valence-electron chi connectivity index (χ2n) is 10.6. The van der Waals surface area contributed by atoms with E-state index in [2.05, 4.69) is 12.7 Å². The number of ether oxygens (including phenoxy) is 2. The maximum atomic E-state index is 13.2. The molecule has 1 fully saturated rings. The monoisotopic (exact) mass is 494 g/mol. The van der Waals surface area contributed by atoms with Gasteiger partial charge in [-0.2, -0.15) is 0 Å². The van der Waals surface area contributed by atoms with Crippen LogP contribution in [0, 0.1) is 22.7 Å². The van der Waals surface area contributed by atoms with Crippen molar-refractivity contribution < 1.29 is 29.0 Å². The van der Waals surface area contributed by atoms with Gasteiger partial charge in [0.15, 0.2) is 5.78 Å². The minimum atomic E-state index is -0.926. The Hall–Kier alpha value is -2.99. The maximum Gasteiger partial charge on any atom is 0.331 e. The molecule has 3 rings (SSSR count). The van der Waals surface area contributed by atoms with Crippen molar-refractivity contribution >= 4 is 23.8 Å². The molecule has 0 amide bonds. The molecule has 1 aromatic rings. The van der Waals surface area contributed by atoms with Gasteiger partial charge in [-0.05, 0) is 48.3 Å². The Morgan fingerprint density at radius 1 is 1.19 bits per heavy atom. The van der Waals surface area contributed by atoms with Crippen LogP contribution >= 0.6 is 0 Å². The Bertz CT molecular complexity index is 1070. The number of carbonyl (C=O) groups excluding carboxylic acids is 3. The van der Waals surface area contributed by atoms with E-state index in [0.717, 1.165) is 24.0 Å². The predicted molar refractivity (Wildman–Crippen MR) is 139 cm³/mol. The van der Waals surface area contributed by atoms with Crippen LogP contribution in [0.3, 0.4) is 0 Å². The van der Waals surface area contributed by atoms with Crippen LogP contribution in [0.1, 0.15) is 58.9 Å². The van der Waals surface area contributed by atoms with E-state index < -0.39 is 35.0 Å². The van der Waals surface area contributed by atoms with Crippen LogP contribution in [-0.4, -0.2) is 42.1 Å². The zero-order chi connectivity index (χ0) is 26.7. The lowest BCUT2D eigenvalue weighted by atomic mass is 9.45. The number of hydrogen-bond donors (Lipinski definition) is 1. The fourth-order valence-electron chi connectivity index (χ4n) is 6.19. The predicted octanol–water partition coefficient (Wildman–Crippen LogP) is 5.07. The van der Waals surface area contributed by atoms with E-state index in [1.54, 1.807) is 6.08 Å². The van der Waals surface area contributed by atoms with E-state index in [-0.39, 0.29) is 36.0 Å². The Morgan fingerprint density at radius 2 is 1.86 bits per heavy atom. The van der Waals surface area contributed by atoms with Gasteiger partial charge in [0.1, 0.15) is 12.2 Å². The van der Waals surface area contributed by atoms with Gasteiger partial charge in [0.25, 0.3) is 0 Å². The summed E-state index contributed by atoms with van der Waals surface area (Å²) < 4.78 is 10.6. The zero-order valence-corrected chi connectivity index (χ0v) is 22.0. The molecule has 36 heavy (non-hydrogen) atoms. The molecule has 0 aliphatic heterocycles. The van der Waals surface area contributed by atoms with Crippen molar-refractivity contribution in [3.05, 3.63) is 65.8 Å². The normalized spacial score (nSPS) is 31.8. The second-order valence-corrected chi connectivity index (χ2v) is 10.6. The quantitative estimate of drug-likeness (QED) is 0.308. The summed E-state index contributed by atoms with van der Waals surface area (Å²) in [6.45, 7) is 11.8. The summed E-state index contributed by atoms with van der Waals surface area (Å²) in [6, 6.07) is 9.43. The van der Waals surface area contributed by atoms with E-state index >= 15 is 0 Å². The fraction of sp³-hybridized carbons (Fsp3) is 0.500. The van der Waals surface area contributed by atoms with Gasteiger partial charge in [-0.3, -0.25) is 9.59 Å². The molecule has 194 valence electrons. The third-order valence-electron chi connectivity index (χ3n) is 8.72. The third-order valence-corrected chi connectivity index (χ3v) is 8.72. The number of benzene rings is 1. The van der Waals surface area contributed by atoms with Crippen molar-refractivity contribution in [3.8, 4) is 0 Å². The van der Waals surface area contributed by atoms with Gasteiger partial charge in [0, 0.05) is 23.8 Å². The van der Waals surface area contributed by atoms with Gasteiger partial charge in [-0.1, -0.05) is 69.3 Å². The highest BCUT2D eigenvalue weighted by Gasteiger charge is 2.62. The Balaban J connectivity index is 1.92. The van der Waals surface area contributed by atoms with E-state index in [9.17, 15) is 19.5 Å². The van der Waals surface area contributed by atoms with Gasteiger partial charge in [-0.25, -0.2) is 4.79 Å². The SMILES string of the molecule is C=C(CC(=O)OC)C(=O)CC1(C)C(C)C(OC(=O)C=Cc2ccccc2)C(O)C2(C)C(C)=CCCC12. The Labute approximate surface area is 214 Å². The van der Waals surface area contributed by atoms with E-state index in [1.165, 1.54) is 13.2 Å². The topological polar surface area (TPSA) is 89.9 Å². The molecule has 1 saturated carbocycles. The van der Waals surface area contributed by atoms with Gasteiger partial charge in [0.2, 0.25) is 0 Å². The van der Waals surface area contributed by atoms with Crippen molar-refractivity contribution in [2.75, 3.05) is 7.11 Å². The number of Topliss-reactive ketones (excluding diaryl/α,β-unsaturated/α-hetero) is 1. The highest BCUT2D eigenvalue weighted by atomic mass is 16.6. The Morgan fingerprint density at radius 3 is 2.50 bits per heavy atom. The summed E-state index contributed by atoms with van der Waals surface area (Å²) in [6.07, 6.45) is 5.06. The molecular formula is C30H38O6. The molecule has 2 aliphatic rings. The Kier molecular flexibility index (Phi) is 8.40. The van der Waals surface area contributed by atoms with Crippen LogP contribution in [0.5, 0.6) is 0 Å². The van der Waals surface area contributed by atoms with Gasteiger partial charge in [0.05, 0.1) is 13.5 Å². The van der Waals surface area contributed by atoms with E-state index in [4.69, 9.17) is 9.47 Å². The van der Waals surface area contributed by atoms with E-state index in [1.807, 2.05) is 58.0 Å². The summed E-state index contributed by atoms with van der Waals surface area (Å²) >= 11 is 0. The molecule has 0 radical (unpaired) electrons. The highest BCUT2D eigenvalue weighted by molar-refractivity contribution is 5.99. The summed E-state index contributed by atoms with van der Waals surface area (Å²) in [5.41, 5.74) is 0.826. The average molecular weight is 495 g/mol. The molecule has 0 saturated heterocycles. The number of fused-ring (bicyclic) bond motifs is 1. The number of aliphatic hydroxyl groups is 1. The number of hydrogen-bond acceptors (Lipinski definition) is 6. The lowest BCUT2D eigenvalue weighted by Crippen LogP contribution is -2.64. The van der Waals surface area contributed by atoms with Crippen molar-refractivity contribution in [2.45, 2.75) is 65.6 Å². The van der Waals surface area contributed by atoms with Crippen LogP contribution in [0.4, 0.5) is 0 Å². The van der Waals surface area contributed by atoms with Crippen LogP contribution in [0.2, 0.25) is 0 Å². The lowest BCUT2D eigenvalue weighted by Gasteiger charge is -2.61. The molecular weight excluding hydrogens is 456 g/mol. The molecule has 1 aromatic carbocycles. The van der Waals surface area contributed by atoms with Crippen molar-refractivity contribution in [2.24, 2.45) is 22.7 Å². The fourth-order valence-corrected chi connectivity index (χ4v) is 6.19. The van der Waals surface area contributed by atoms with Crippen molar-refractivity contribution in [1.29, 1.82) is 0 Å². The summed E-state index contributed by atoms with van der Waals surface area (Å²) in [5.74, 6) is -1.61. The van der Waals surface area contributed by atoms with Crippen LogP contribution in [0.25, 0.3) is 6.08 Å². The zero-order valence-electron chi connectivity index (χ0n) is 22.0. The van der Waals surface area contributed by atoms with Crippen molar-refractivity contribution in [1.82, 2.24) is 0 Å². The minimum Gasteiger partial charge on any atom is -0.469 e. The molecule has 1 N–H and O–H groups in total. The molecule has 0 heterocycles. The lowest BCUT2D eigenvalue weighted by molar-refractivity contribution is -0.207.